The SMILES string of the molecule is CC1(O)COB2OC(O)(O2)C1(C)O. The Morgan fingerprint density at radius 2 is 1.69 bits per heavy atom. The molecule has 0 saturated carbocycles. The van der Waals surface area contributed by atoms with Gasteiger partial charge in [-0.15, -0.1) is 0 Å². The Kier molecular flexibility index (Phi) is 1.62. The van der Waals surface area contributed by atoms with Gasteiger partial charge in [-0.05, 0) is 13.8 Å². The molecule has 0 aromatic heterocycles. The largest absolute Gasteiger partial charge is 0.647 e. The van der Waals surface area contributed by atoms with E-state index in [9.17, 15) is 15.3 Å². The van der Waals surface area contributed by atoms with E-state index in [1.54, 1.807) is 0 Å². The summed E-state index contributed by atoms with van der Waals surface area (Å²) in [6.07, 6.45) is 0. The Labute approximate surface area is 75.2 Å². The molecule has 0 radical (unpaired) electrons. The lowest BCUT2D eigenvalue weighted by atomic mass is 9.83. The highest BCUT2D eigenvalue weighted by Gasteiger charge is 2.71. The zero-order chi connectivity index (χ0) is 9.91. The van der Waals surface area contributed by atoms with Crippen LogP contribution in [0.5, 0.6) is 0 Å². The van der Waals surface area contributed by atoms with Gasteiger partial charge in [-0.25, -0.2) is 0 Å². The summed E-state index contributed by atoms with van der Waals surface area (Å²) in [5, 5.41) is 29.1. The van der Waals surface area contributed by atoms with Crippen molar-refractivity contribution in [2.75, 3.05) is 6.61 Å². The first kappa shape index (κ1) is 9.38. The van der Waals surface area contributed by atoms with Gasteiger partial charge < -0.3 is 29.3 Å². The fourth-order valence-electron chi connectivity index (χ4n) is 1.28. The second-order valence-corrected chi connectivity index (χ2v) is 3.76. The van der Waals surface area contributed by atoms with Gasteiger partial charge in [-0.1, -0.05) is 0 Å². The number of fused-ring (bicyclic) bond motifs is 3. The Bertz CT molecular complexity index is 227. The van der Waals surface area contributed by atoms with Crippen molar-refractivity contribution in [3.8, 4) is 0 Å². The van der Waals surface area contributed by atoms with Crippen LogP contribution in [0.25, 0.3) is 0 Å². The third-order valence-corrected chi connectivity index (χ3v) is 2.68. The Morgan fingerprint density at radius 3 is 2.23 bits per heavy atom. The number of aliphatic hydroxyl groups is 3. The van der Waals surface area contributed by atoms with Crippen LogP contribution >= 0.6 is 0 Å². The van der Waals surface area contributed by atoms with Gasteiger partial charge >= 0.3 is 7.32 Å². The lowest BCUT2D eigenvalue weighted by Gasteiger charge is -2.48. The molecular weight excluding hydrogens is 179 g/mol. The van der Waals surface area contributed by atoms with Crippen molar-refractivity contribution in [1.29, 1.82) is 0 Å². The predicted octanol–water partition coefficient (Wildman–Crippen LogP) is -1.80. The van der Waals surface area contributed by atoms with E-state index in [1.807, 2.05) is 0 Å². The van der Waals surface area contributed by atoms with Gasteiger partial charge in [0.05, 0.1) is 6.61 Å². The van der Waals surface area contributed by atoms with E-state index in [4.69, 9.17) is 14.0 Å². The maximum absolute atomic E-state index is 9.82. The minimum Gasteiger partial charge on any atom is -0.384 e. The van der Waals surface area contributed by atoms with Gasteiger partial charge in [-0.2, -0.15) is 0 Å². The number of hydrogen-bond donors (Lipinski definition) is 3. The fraction of sp³-hybridized carbons (Fsp3) is 1.00. The van der Waals surface area contributed by atoms with E-state index in [2.05, 4.69) is 0 Å². The second kappa shape index (κ2) is 2.25. The van der Waals surface area contributed by atoms with Gasteiger partial charge in [0.25, 0.3) is 5.97 Å². The standard InChI is InChI=1S/C6H11BO6/c1-4(8)3-11-7-12-6(10,13-7)5(4,2)9/h8-10H,3H2,1-2H3. The van der Waals surface area contributed by atoms with E-state index < -0.39 is 24.5 Å². The van der Waals surface area contributed by atoms with Crippen molar-refractivity contribution >= 4 is 7.32 Å². The first-order valence-corrected chi connectivity index (χ1v) is 3.93. The van der Waals surface area contributed by atoms with Gasteiger partial charge in [0, 0.05) is 0 Å². The molecule has 3 heterocycles. The zero-order valence-electron chi connectivity index (χ0n) is 7.35. The molecule has 3 rings (SSSR count). The average molecular weight is 190 g/mol. The summed E-state index contributed by atoms with van der Waals surface area (Å²) in [7, 11) is -1.01. The van der Waals surface area contributed by atoms with Gasteiger partial charge in [-0.3, -0.25) is 0 Å². The molecular formula is C6H11BO6. The first-order valence-electron chi connectivity index (χ1n) is 3.93. The monoisotopic (exact) mass is 190 g/mol. The highest BCUT2D eigenvalue weighted by Crippen LogP contribution is 2.44. The molecule has 0 amide bonds. The fourth-order valence-corrected chi connectivity index (χ4v) is 1.28. The second-order valence-electron chi connectivity index (χ2n) is 3.76. The van der Waals surface area contributed by atoms with Gasteiger partial charge in [0.1, 0.15) is 5.60 Å². The molecule has 3 aliphatic rings. The maximum atomic E-state index is 9.82. The van der Waals surface area contributed by atoms with E-state index in [0.717, 1.165) is 0 Å². The predicted molar refractivity (Wildman–Crippen MR) is 40.1 cm³/mol. The van der Waals surface area contributed by atoms with E-state index >= 15 is 0 Å². The Hall–Kier alpha value is -0.175. The van der Waals surface area contributed by atoms with Crippen LogP contribution in [0.15, 0.2) is 0 Å². The highest BCUT2D eigenvalue weighted by molar-refractivity contribution is 6.39. The molecule has 3 aliphatic heterocycles. The molecule has 0 aromatic rings. The molecule has 3 saturated heterocycles. The Morgan fingerprint density at radius 1 is 1.15 bits per heavy atom. The van der Waals surface area contributed by atoms with Crippen molar-refractivity contribution in [3.05, 3.63) is 0 Å². The van der Waals surface area contributed by atoms with Crippen LogP contribution in [-0.2, 0) is 14.0 Å². The summed E-state index contributed by atoms with van der Waals surface area (Å²) in [4.78, 5) is 0. The molecule has 0 aliphatic carbocycles. The summed E-state index contributed by atoms with van der Waals surface area (Å²) in [6, 6.07) is 0. The number of hydrogen-bond acceptors (Lipinski definition) is 6. The van der Waals surface area contributed by atoms with Crippen LogP contribution in [0.1, 0.15) is 13.8 Å². The van der Waals surface area contributed by atoms with Crippen LogP contribution in [0.3, 0.4) is 0 Å². The molecule has 3 N–H and O–H groups in total. The minimum atomic E-state index is -2.18. The maximum Gasteiger partial charge on any atom is 0.647 e. The van der Waals surface area contributed by atoms with Gasteiger partial charge in [0.2, 0.25) is 0 Å². The van der Waals surface area contributed by atoms with Crippen molar-refractivity contribution in [3.63, 3.8) is 0 Å². The molecule has 2 atom stereocenters. The smallest absolute Gasteiger partial charge is 0.384 e. The van der Waals surface area contributed by atoms with Crippen LogP contribution in [0, 0.1) is 0 Å². The highest BCUT2D eigenvalue weighted by atomic mass is 17.0. The quantitative estimate of drug-likeness (QED) is 0.390. The normalized spacial score (nSPS) is 55.6. The number of rotatable bonds is 0. The van der Waals surface area contributed by atoms with Gasteiger partial charge in [0.15, 0.2) is 5.60 Å². The molecule has 13 heavy (non-hydrogen) atoms. The minimum absolute atomic E-state index is 0.174. The summed E-state index contributed by atoms with van der Waals surface area (Å²) in [5.41, 5.74) is -3.57. The average Bonchev–Trinajstić information content (AvgIpc) is 2.01. The van der Waals surface area contributed by atoms with Crippen LogP contribution in [-0.4, -0.2) is 46.4 Å². The zero-order valence-corrected chi connectivity index (χ0v) is 7.35. The third-order valence-electron chi connectivity index (χ3n) is 2.68. The molecule has 6 nitrogen and oxygen atoms in total. The molecule has 0 aromatic carbocycles. The molecule has 74 valence electrons. The van der Waals surface area contributed by atoms with E-state index in [-0.39, 0.29) is 6.61 Å². The molecule has 0 spiro atoms. The Balaban J connectivity index is 2.36. The van der Waals surface area contributed by atoms with E-state index in [0.29, 0.717) is 0 Å². The summed E-state index contributed by atoms with van der Waals surface area (Å²) < 4.78 is 14.3. The van der Waals surface area contributed by atoms with Crippen LogP contribution in [0.2, 0.25) is 0 Å². The van der Waals surface area contributed by atoms with Crippen LogP contribution < -0.4 is 0 Å². The van der Waals surface area contributed by atoms with Crippen molar-refractivity contribution in [2.24, 2.45) is 0 Å². The van der Waals surface area contributed by atoms with Crippen molar-refractivity contribution in [1.82, 2.24) is 0 Å². The van der Waals surface area contributed by atoms with Crippen molar-refractivity contribution < 1.29 is 29.3 Å². The molecule has 2 bridgehead atoms. The summed E-state index contributed by atoms with van der Waals surface area (Å²) in [6.45, 7) is 2.38. The van der Waals surface area contributed by atoms with E-state index in [1.165, 1.54) is 13.8 Å². The first-order chi connectivity index (χ1) is 5.79. The molecule has 2 unspecified atom stereocenters. The summed E-state index contributed by atoms with van der Waals surface area (Å²) >= 11 is 0. The topological polar surface area (TPSA) is 88.4 Å². The lowest BCUT2D eigenvalue weighted by molar-refractivity contribution is -0.436. The third kappa shape index (κ3) is 0.998. The molecule has 7 heteroatoms. The summed E-state index contributed by atoms with van der Waals surface area (Å²) in [5.74, 6) is -2.18. The molecule has 3 fully saturated rings. The van der Waals surface area contributed by atoms with Crippen LogP contribution in [0.4, 0.5) is 0 Å². The lowest BCUT2D eigenvalue weighted by Crippen LogP contribution is -2.72. The van der Waals surface area contributed by atoms with Crippen molar-refractivity contribution in [2.45, 2.75) is 31.0 Å².